The Morgan fingerprint density at radius 3 is 2.61 bits per heavy atom. The third kappa shape index (κ3) is 2.11. The molecule has 0 aliphatic heterocycles. The molecule has 2 rings (SSSR count). The van der Waals surface area contributed by atoms with E-state index in [1.165, 1.54) is 25.3 Å². The van der Waals surface area contributed by atoms with Gasteiger partial charge >= 0.3 is 0 Å². The van der Waals surface area contributed by atoms with Crippen LogP contribution in [0.4, 0.5) is 10.1 Å². The van der Waals surface area contributed by atoms with E-state index in [-0.39, 0.29) is 5.82 Å². The zero-order valence-corrected chi connectivity index (χ0v) is 9.77. The van der Waals surface area contributed by atoms with Crippen molar-refractivity contribution < 1.29 is 9.13 Å². The van der Waals surface area contributed by atoms with Crippen LogP contribution in [0.3, 0.4) is 0 Å². The van der Waals surface area contributed by atoms with Crippen LogP contribution in [0.25, 0.3) is 11.1 Å². The number of ether oxygens (including phenoxy) is 1. The molecule has 0 atom stereocenters. The Balaban J connectivity index is 2.69. The zero-order valence-electron chi connectivity index (χ0n) is 9.77. The van der Waals surface area contributed by atoms with Crippen LogP contribution in [0.1, 0.15) is 5.56 Å². The molecule has 0 aliphatic carbocycles. The predicted molar refractivity (Wildman–Crippen MR) is 67.5 cm³/mol. The summed E-state index contributed by atoms with van der Waals surface area (Å²) in [4.78, 5) is 0. The normalized spacial score (nSPS) is 9.83. The van der Waals surface area contributed by atoms with Crippen molar-refractivity contribution in [2.75, 3.05) is 12.8 Å². The van der Waals surface area contributed by atoms with Crippen LogP contribution in [0, 0.1) is 17.1 Å². The van der Waals surface area contributed by atoms with Gasteiger partial charge in [-0.15, -0.1) is 0 Å². The monoisotopic (exact) mass is 242 g/mol. The topological polar surface area (TPSA) is 59.0 Å². The number of nitriles is 1. The van der Waals surface area contributed by atoms with Crippen LogP contribution < -0.4 is 10.5 Å². The van der Waals surface area contributed by atoms with Gasteiger partial charge in [-0.3, -0.25) is 0 Å². The zero-order chi connectivity index (χ0) is 13.1. The number of halogens is 1. The van der Waals surface area contributed by atoms with Crippen LogP contribution >= 0.6 is 0 Å². The molecule has 0 aromatic heterocycles. The first-order chi connectivity index (χ1) is 8.65. The first-order valence-corrected chi connectivity index (χ1v) is 5.29. The molecule has 0 amide bonds. The lowest BCUT2D eigenvalue weighted by Crippen LogP contribution is -1.94. The van der Waals surface area contributed by atoms with E-state index in [0.29, 0.717) is 28.1 Å². The number of nitrogen functional groups attached to an aromatic ring is 1. The fourth-order valence-electron chi connectivity index (χ4n) is 1.75. The first-order valence-electron chi connectivity index (χ1n) is 5.29. The number of hydrogen-bond donors (Lipinski definition) is 1. The van der Waals surface area contributed by atoms with E-state index >= 15 is 0 Å². The first kappa shape index (κ1) is 11.9. The molecule has 2 N–H and O–H groups in total. The summed E-state index contributed by atoms with van der Waals surface area (Å²) in [5.74, 6) is 0.162. The SMILES string of the molecule is COc1ccc(C#N)cc1-c1cc(F)ccc1N. The highest BCUT2D eigenvalue weighted by molar-refractivity contribution is 5.81. The minimum Gasteiger partial charge on any atom is -0.496 e. The maximum Gasteiger partial charge on any atom is 0.126 e. The third-order valence-corrected chi connectivity index (χ3v) is 2.63. The van der Waals surface area contributed by atoms with Crippen LogP contribution in [-0.2, 0) is 0 Å². The Morgan fingerprint density at radius 1 is 1.17 bits per heavy atom. The standard InChI is InChI=1S/C14H11FN2O/c1-18-14-5-2-9(8-16)6-12(14)11-7-10(15)3-4-13(11)17/h2-7H,17H2,1H3. The molecule has 0 saturated heterocycles. The van der Waals surface area contributed by atoms with Gasteiger partial charge in [-0.1, -0.05) is 0 Å². The van der Waals surface area contributed by atoms with Gasteiger partial charge in [-0.05, 0) is 36.4 Å². The van der Waals surface area contributed by atoms with Crippen molar-refractivity contribution in [3.05, 3.63) is 47.8 Å². The van der Waals surface area contributed by atoms with Gasteiger partial charge in [-0.25, -0.2) is 4.39 Å². The highest BCUT2D eigenvalue weighted by atomic mass is 19.1. The summed E-state index contributed by atoms with van der Waals surface area (Å²) in [7, 11) is 1.51. The molecule has 3 nitrogen and oxygen atoms in total. The molecule has 0 radical (unpaired) electrons. The van der Waals surface area contributed by atoms with Crippen LogP contribution in [-0.4, -0.2) is 7.11 Å². The fourth-order valence-corrected chi connectivity index (χ4v) is 1.75. The lowest BCUT2D eigenvalue weighted by atomic mass is 10.0. The van der Waals surface area contributed by atoms with Gasteiger partial charge in [0.2, 0.25) is 0 Å². The van der Waals surface area contributed by atoms with Gasteiger partial charge in [0.1, 0.15) is 11.6 Å². The van der Waals surface area contributed by atoms with E-state index in [0.717, 1.165) is 0 Å². The van der Waals surface area contributed by atoms with Gasteiger partial charge < -0.3 is 10.5 Å². The Morgan fingerprint density at radius 2 is 1.94 bits per heavy atom. The van der Waals surface area contributed by atoms with E-state index in [1.807, 2.05) is 6.07 Å². The molecule has 4 heteroatoms. The summed E-state index contributed by atoms with van der Waals surface area (Å²) < 4.78 is 18.5. The molecule has 0 spiro atoms. The number of methoxy groups -OCH3 is 1. The maximum absolute atomic E-state index is 13.3. The van der Waals surface area contributed by atoms with Crippen molar-refractivity contribution in [1.82, 2.24) is 0 Å². The van der Waals surface area contributed by atoms with Crippen LogP contribution in [0.2, 0.25) is 0 Å². The number of anilines is 1. The number of nitrogens with two attached hydrogens (primary N) is 1. The lowest BCUT2D eigenvalue weighted by Gasteiger charge is -2.11. The van der Waals surface area contributed by atoms with Crippen LogP contribution in [0.15, 0.2) is 36.4 Å². The summed E-state index contributed by atoms with van der Waals surface area (Å²) in [6.07, 6.45) is 0. The minimum absolute atomic E-state index is 0.386. The molecule has 0 heterocycles. The Kier molecular flexibility index (Phi) is 3.16. The molecular formula is C14H11FN2O. The molecule has 0 unspecified atom stereocenters. The van der Waals surface area contributed by atoms with Gasteiger partial charge in [0, 0.05) is 16.8 Å². The van der Waals surface area contributed by atoms with Crippen molar-refractivity contribution in [2.45, 2.75) is 0 Å². The van der Waals surface area contributed by atoms with Crippen LogP contribution in [0.5, 0.6) is 5.75 Å². The quantitative estimate of drug-likeness (QED) is 0.823. The second-order valence-electron chi connectivity index (χ2n) is 3.76. The van der Waals surface area contributed by atoms with Gasteiger partial charge in [-0.2, -0.15) is 5.26 Å². The third-order valence-electron chi connectivity index (χ3n) is 2.63. The van der Waals surface area contributed by atoms with Crippen molar-refractivity contribution in [1.29, 1.82) is 5.26 Å². The van der Waals surface area contributed by atoms with E-state index in [4.69, 9.17) is 15.7 Å². The average molecular weight is 242 g/mol. The number of benzene rings is 2. The van der Waals surface area contributed by atoms with E-state index in [2.05, 4.69) is 0 Å². The number of rotatable bonds is 2. The molecule has 90 valence electrons. The Labute approximate surface area is 104 Å². The number of hydrogen-bond acceptors (Lipinski definition) is 3. The summed E-state index contributed by atoms with van der Waals surface area (Å²) in [5.41, 5.74) is 7.86. The summed E-state index contributed by atoms with van der Waals surface area (Å²) in [6.45, 7) is 0. The highest BCUT2D eigenvalue weighted by Gasteiger charge is 2.11. The van der Waals surface area contributed by atoms with Gasteiger partial charge in [0.25, 0.3) is 0 Å². The average Bonchev–Trinajstić information content (AvgIpc) is 2.40. The van der Waals surface area contributed by atoms with Crippen molar-refractivity contribution in [2.24, 2.45) is 0 Å². The molecule has 0 saturated carbocycles. The number of nitrogens with zero attached hydrogens (tertiary/aromatic N) is 1. The molecule has 2 aromatic carbocycles. The van der Waals surface area contributed by atoms with Crippen molar-refractivity contribution >= 4 is 5.69 Å². The Hall–Kier alpha value is -2.54. The van der Waals surface area contributed by atoms with Crippen molar-refractivity contribution in [3.63, 3.8) is 0 Å². The van der Waals surface area contributed by atoms with E-state index in [1.54, 1.807) is 18.2 Å². The molecule has 0 bridgehead atoms. The lowest BCUT2D eigenvalue weighted by molar-refractivity contribution is 0.416. The molecule has 0 aliphatic rings. The second-order valence-corrected chi connectivity index (χ2v) is 3.76. The molecule has 0 fully saturated rings. The molecule has 18 heavy (non-hydrogen) atoms. The Bertz CT molecular complexity index is 632. The highest BCUT2D eigenvalue weighted by Crippen LogP contribution is 2.34. The smallest absolute Gasteiger partial charge is 0.126 e. The van der Waals surface area contributed by atoms with Gasteiger partial charge in [0.15, 0.2) is 0 Å². The van der Waals surface area contributed by atoms with E-state index in [9.17, 15) is 4.39 Å². The van der Waals surface area contributed by atoms with Gasteiger partial charge in [0.05, 0.1) is 18.7 Å². The summed E-state index contributed by atoms with van der Waals surface area (Å²) >= 11 is 0. The minimum atomic E-state index is -0.386. The van der Waals surface area contributed by atoms with E-state index < -0.39 is 0 Å². The summed E-state index contributed by atoms with van der Waals surface area (Å²) in [5, 5.41) is 8.90. The molecular weight excluding hydrogens is 231 g/mol. The largest absolute Gasteiger partial charge is 0.496 e. The predicted octanol–water partition coefficient (Wildman–Crippen LogP) is 2.96. The maximum atomic E-state index is 13.3. The second kappa shape index (κ2) is 4.76. The fraction of sp³-hybridized carbons (Fsp3) is 0.0714. The van der Waals surface area contributed by atoms with Crippen molar-refractivity contribution in [3.8, 4) is 22.9 Å². The summed E-state index contributed by atoms with van der Waals surface area (Å²) in [6, 6.07) is 11.1. The molecule has 2 aromatic rings.